The van der Waals surface area contributed by atoms with Gasteiger partial charge in [0, 0.05) is 12.0 Å². The third-order valence-corrected chi connectivity index (χ3v) is 5.54. The Bertz CT molecular complexity index is 1420. The van der Waals surface area contributed by atoms with Crippen molar-refractivity contribution in [2.45, 2.75) is 13.0 Å². The monoisotopic (exact) mass is 448 g/mol. The maximum Gasteiger partial charge on any atom is 0.220 e. The van der Waals surface area contributed by atoms with Crippen LogP contribution in [0.4, 0.5) is 5.95 Å². The van der Waals surface area contributed by atoms with E-state index < -0.39 is 0 Å². The summed E-state index contributed by atoms with van der Waals surface area (Å²) >= 11 is 0. The Labute approximate surface area is 198 Å². The van der Waals surface area contributed by atoms with Gasteiger partial charge < -0.3 is 15.2 Å². The van der Waals surface area contributed by atoms with Gasteiger partial charge in [0.1, 0.15) is 12.1 Å². The SMILES string of the molecule is COc1ccc(-c2ccc3nc(N)nc(Cc4ccccc4)c3n2)cc1OCc1ccccc1. The van der Waals surface area contributed by atoms with Gasteiger partial charge in [0.25, 0.3) is 0 Å². The van der Waals surface area contributed by atoms with Crippen molar-refractivity contribution in [3.8, 4) is 22.8 Å². The Morgan fingerprint density at radius 3 is 2.21 bits per heavy atom. The van der Waals surface area contributed by atoms with E-state index in [4.69, 9.17) is 20.2 Å². The first kappa shape index (κ1) is 21.4. The number of nitrogens with zero attached hydrogens (tertiary/aromatic N) is 3. The van der Waals surface area contributed by atoms with E-state index in [9.17, 15) is 0 Å². The van der Waals surface area contributed by atoms with Crippen molar-refractivity contribution in [1.29, 1.82) is 0 Å². The number of hydrogen-bond acceptors (Lipinski definition) is 6. The molecule has 2 aromatic heterocycles. The summed E-state index contributed by atoms with van der Waals surface area (Å²) < 4.78 is 11.6. The molecule has 0 aliphatic heterocycles. The first-order valence-electron chi connectivity index (χ1n) is 11.0. The van der Waals surface area contributed by atoms with E-state index in [2.05, 4.69) is 22.1 Å². The van der Waals surface area contributed by atoms with E-state index in [0.29, 0.717) is 24.5 Å². The Kier molecular flexibility index (Phi) is 6.03. The van der Waals surface area contributed by atoms with Crippen LogP contribution in [0.2, 0.25) is 0 Å². The molecule has 5 aromatic rings. The van der Waals surface area contributed by atoms with Crippen LogP contribution in [0.3, 0.4) is 0 Å². The molecule has 3 aromatic carbocycles. The molecule has 2 heterocycles. The smallest absolute Gasteiger partial charge is 0.220 e. The second-order valence-corrected chi connectivity index (χ2v) is 7.90. The van der Waals surface area contributed by atoms with Crippen molar-refractivity contribution in [3.63, 3.8) is 0 Å². The van der Waals surface area contributed by atoms with Crippen molar-refractivity contribution in [2.24, 2.45) is 0 Å². The number of anilines is 1. The molecule has 0 fully saturated rings. The minimum absolute atomic E-state index is 0.244. The van der Waals surface area contributed by atoms with Crippen LogP contribution in [0.15, 0.2) is 91.0 Å². The Morgan fingerprint density at radius 1 is 0.735 bits per heavy atom. The second-order valence-electron chi connectivity index (χ2n) is 7.90. The summed E-state index contributed by atoms with van der Waals surface area (Å²) in [5.74, 6) is 1.57. The largest absolute Gasteiger partial charge is 0.493 e. The van der Waals surface area contributed by atoms with Crippen LogP contribution in [0.1, 0.15) is 16.8 Å². The van der Waals surface area contributed by atoms with Gasteiger partial charge in [-0.3, -0.25) is 0 Å². The van der Waals surface area contributed by atoms with Crippen molar-refractivity contribution in [1.82, 2.24) is 15.0 Å². The molecular weight excluding hydrogens is 424 g/mol. The highest BCUT2D eigenvalue weighted by Crippen LogP contribution is 2.33. The number of aromatic nitrogens is 3. The minimum Gasteiger partial charge on any atom is -0.493 e. The first-order chi connectivity index (χ1) is 16.7. The molecule has 0 amide bonds. The molecule has 2 N–H and O–H groups in total. The van der Waals surface area contributed by atoms with Crippen LogP contribution in [0.25, 0.3) is 22.3 Å². The highest BCUT2D eigenvalue weighted by Gasteiger charge is 2.13. The van der Waals surface area contributed by atoms with Crippen LogP contribution in [-0.4, -0.2) is 22.1 Å². The van der Waals surface area contributed by atoms with Crippen LogP contribution >= 0.6 is 0 Å². The van der Waals surface area contributed by atoms with Gasteiger partial charge in [0.05, 0.1) is 24.0 Å². The zero-order chi connectivity index (χ0) is 23.3. The molecule has 6 nitrogen and oxygen atoms in total. The summed E-state index contributed by atoms with van der Waals surface area (Å²) in [7, 11) is 1.64. The Balaban J connectivity index is 1.51. The first-order valence-corrected chi connectivity index (χ1v) is 11.0. The van der Waals surface area contributed by atoms with E-state index >= 15 is 0 Å². The van der Waals surface area contributed by atoms with Crippen LogP contribution in [0.5, 0.6) is 11.5 Å². The molecule has 0 aliphatic rings. The number of ether oxygens (including phenoxy) is 2. The van der Waals surface area contributed by atoms with E-state index in [-0.39, 0.29) is 5.95 Å². The Hall–Kier alpha value is -4.45. The van der Waals surface area contributed by atoms with Crippen molar-refractivity contribution in [3.05, 3.63) is 108 Å². The normalized spacial score (nSPS) is 10.9. The number of pyridine rings is 1. The molecule has 5 rings (SSSR count). The van der Waals surface area contributed by atoms with E-state index in [0.717, 1.165) is 39.1 Å². The van der Waals surface area contributed by atoms with Crippen molar-refractivity contribution < 1.29 is 9.47 Å². The van der Waals surface area contributed by atoms with Crippen LogP contribution in [0, 0.1) is 0 Å². The standard InChI is InChI=1S/C28H24N4O2/c1-33-25-15-12-21(17-26(25)34-18-20-10-6-3-7-11-20)22-13-14-23-27(30-22)24(32-28(29)31-23)16-19-8-4-2-5-9-19/h2-15,17H,16,18H2,1H3,(H2,29,31,32). The summed E-state index contributed by atoms with van der Waals surface area (Å²) in [6.45, 7) is 0.445. The van der Waals surface area contributed by atoms with Gasteiger partial charge in [-0.25, -0.2) is 15.0 Å². The average Bonchev–Trinajstić information content (AvgIpc) is 2.88. The number of nitrogen functional groups attached to an aromatic ring is 1. The number of fused-ring (bicyclic) bond motifs is 1. The molecule has 0 bridgehead atoms. The third kappa shape index (κ3) is 4.66. The van der Waals surface area contributed by atoms with Gasteiger partial charge in [0.15, 0.2) is 11.5 Å². The summed E-state index contributed by atoms with van der Waals surface area (Å²) in [6.07, 6.45) is 0.620. The molecule has 0 unspecified atom stereocenters. The fraction of sp³-hybridized carbons (Fsp3) is 0.107. The lowest BCUT2D eigenvalue weighted by molar-refractivity contribution is 0.284. The summed E-state index contributed by atoms with van der Waals surface area (Å²) in [6, 6.07) is 29.8. The molecule has 0 saturated carbocycles. The highest BCUT2D eigenvalue weighted by molar-refractivity contribution is 5.81. The molecule has 168 valence electrons. The lowest BCUT2D eigenvalue weighted by Crippen LogP contribution is -2.03. The summed E-state index contributed by atoms with van der Waals surface area (Å²) in [5.41, 5.74) is 12.2. The number of methoxy groups -OCH3 is 1. The third-order valence-electron chi connectivity index (χ3n) is 5.54. The zero-order valence-corrected chi connectivity index (χ0v) is 18.8. The molecule has 0 radical (unpaired) electrons. The van der Waals surface area contributed by atoms with E-state index in [1.807, 2.05) is 78.9 Å². The lowest BCUT2D eigenvalue weighted by Gasteiger charge is -2.13. The molecule has 34 heavy (non-hydrogen) atoms. The topological polar surface area (TPSA) is 83.2 Å². The quantitative estimate of drug-likeness (QED) is 0.356. The predicted octanol–water partition coefficient (Wildman–Crippen LogP) is 5.45. The van der Waals surface area contributed by atoms with E-state index in [1.54, 1.807) is 7.11 Å². The van der Waals surface area contributed by atoms with E-state index in [1.165, 1.54) is 0 Å². The highest BCUT2D eigenvalue weighted by atomic mass is 16.5. The summed E-state index contributed by atoms with van der Waals surface area (Å²) in [4.78, 5) is 13.8. The van der Waals surface area contributed by atoms with Gasteiger partial charge in [-0.2, -0.15) is 0 Å². The van der Waals surface area contributed by atoms with Crippen LogP contribution < -0.4 is 15.2 Å². The van der Waals surface area contributed by atoms with Gasteiger partial charge in [0.2, 0.25) is 5.95 Å². The fourth-order valence-electron chi connectivity index (χ4n) is 3.85. The number of benzene rings is 3. The van der Waals surface area contributed by atoms with Crippen molar-refractivity contribution in [2.75, 3.05) is 12.8 Å². The van der Waals surface area contributed by atoms with Crippen molar-refractivity contribution >= 4 is 17.0 Å². The maximum absolute atomic E-state index is 6.09. The lowest BCUT2D eigenvalue weighted by atomic mass is 10.1. The number of hydrogen-bond donors (Lipinski definition) is 1. The fourth-order valence-corrected chi connectivity index (χ4v) is 3.85. The molecule has 0 aliphatic carbocycles. The van der Waals surface area contributed by atoms with Gasteiger partial charge in [-0.05, 0) is 41.5 Å². The van der Waals surface area contributed by atoms with Gasteiger partial charge >= 0.3 is 0 Å². The molecule has 0 atom stereocenters. The van der Waals surface area contributed by atoms with Gasteiger partial charge in [-0.1, -0.05) is 60.7 Å². The van der Waals surface area contributed by atoms with Crippen LogP contribution in [-0.2, 0) is 13.0 Å². The molecule has 6 heteroatoms. The van der Waals surface area contributed by atoms with Gasteiger partial charge in [-0.15, -0.1) is 0 Å². The molecule has 0 spiro atoms. The molecule has 0 saturated heterocycles. The second kappa shape index (κ2) is 9.58. The Morgan fingerprint density at radius 2 is 1.47 bits per heavy atom. The number of nitrogens with two attached hydrogens (primary N) is 1. The maximum atomic E-state index is 6.09. The average molecular weight is 449 g/mol. The number of rotatable bonds is 7. The predicted molar refractivity (Wildman–Crippen MR) is 134 cm³/mol. The summed E-state index contributed by atoms with van der Waals surface area (Å²) in [5, 5.41) is 0. The molecular formula is C28H24N4O2. The zero-order valence-electron chi connectivity index (χ0n) is 18.8. The minimum atomic E-state index is 0.244.